The summed E-state index contributed by atoms with van der Waals surface area (Å²) in [7, 11) is 138. The van der Waals surface area contributed by atoms with E-state index in [0.717, 1.165) is 110 Å². The topological polar surface area (TPSA) is 124 Å². The van der Waals surface area contributed by atoms with Gasteiger partial charge in [-0.2, -0.15) is 0 Å². The fourth-order valence-corrected chi connectivity index (χ4v) is 25.1. The zero-order chi connectivity index (χ0) is 88.1. The predicted octanol–water partition coefficient (Wildman–Crippen LogP) is -0.401. The number of hydrogen-bond donors (Lipinski definition) is 2. The Bertz CT molecular complexity index is 3350. The van der Waals surface area contributed by atoms with E-state index in [0.29, 0.717) is 57.4 Å². The molecule has 1 amide bonds. The van der Waals surface area contributed by atoms with Gasteiger partial charge in [0.15, 0.2) is 5.78 Å². The number of fused-ring (bicyclic) bond motifs is 10. The maximum Gasteiger partial charge on any atom is 0.573 e. The molecule has 2 aromatic rings. The van der Waals surface area contributed by atoms with Crippen LogP contribution in [0.3, 0.4) is 0 Å². The molecule has 0 saturated heterocycles. The minimum Gasteiger partial charge on any atom is -0.406 e. The van der Waals surface area contributed by atoms with Crippen LogP contribution in [0.15, 0.2) is 53.0 Å². The molecule has 8 aliphatic carbocycles. The first-order chi connectivity index (χ1) is 54.2. The smallest absolute Gasteiger partial charge is 0.406 e. The van der Waals surface area contributed by atoms with Gasteiger partial charge in [0.05, 0.1) is 31.5 Å². The number of ether oxygens (including phenoxy) is 4. The van der Waals surface area contributed by atoms with E-state index < -0.39 is 145 Å². The third-order valence-corrected chi connectivity index (χ3v) is 30.3. The van der Waals surface area contributed by atoms with Crippen LogP contribution in [-0.4, -0.2) is 376 Å². The minimum atomic E-state index is -4.75. The van der Waals surface area contributed by atoms with Gasteiger partial charge < -0.3 is 29.2 Å². The molecule has 10 rings (SSSR count). The summed E-state index contributed by atoms with van der Waals surface area (Å²) in [6.45, 7) is 10.2. The van der Waals surface area contributed by atoms with Crippen molar-refractivity contribution in [3.05, 3.63) is 58.6 Å². The number of rotatable bonds is 28. The summed E-state index contributed by atoms with van der Waals surface area (Å²) in [6, 6.07) is 10.8. The monoisotopic (exact) mass is 1610 g/mol. The van der Waals surface area contributed by atoms with Gasteiger partial charge in [-0.3, -0.25) is 14.4 Å². The zero-order valence-corrected chi connectivity index (χ0v) is 71.1. The Labute approximate surface area is 748 Å². The summed E-state index contributed by atoms with van der Waals surface area (Å²) in [4.78, 5) is 31.9. The molecule has 2 aromatic carbocycles. The number of halogens is 7. The molecule has 560 valence electrons. The van der Waals surface area contributed by atoms with E-state index in [4.69, 9.17) is 177 Å². The number of carbonyl (C=O) groups excluding carboxylic acids is 2. The van der Waals surface area contributed by atoms with Crippen LogP contribution in [-0.2, 0) is 19.1 Å². The van der Waals surface area contributed by atoms with Crippen LogP contribution in [0, 0.1) is 80.8 Å². The molecule has 42 radical (unpaired) electrons. The van der Waals surface area contributed by atoms with Gasteiger partial charge in [-0.1, -0.05) is 37.2 Å². The maximum absolute atomic E-state index is 13.6. The first kappa shape index (κ1) is 106. The van der Waals surface area contributed by atoms with Crippen LogP contribution < -0.4 is 9.47 Å². The predicted molar refractivity (Wildman–Crippen MR) is 519 cm³/mol. The molecule has 16 atom stereocenters. The first-order valence-electron chi connectivity index (χ1n) is 41.2. The molecular formula is C61H88B40BrF6NO9. The quantitative estimate of drug-likeness (QED) is 0.0508. The molecule has 0 heterocycles. The second kappa shape index (κ2) is 43.8. The molecule has 0 bridgehead atoms. The van der Waals surface area contributed by atoms with Gasteiger partial charge in [-0.15, -0.1) is 26.3 Å². The van der Waals surface area contributed by atoms with E-state index in [1.54, 1.807) is 21.3 Å². The average Bonchev–Trinajstić information content (AvgIpc) is 1.41. The maximum atomic E-state index is 13.6. The van der Waals surface area contributed by atoms with Gasteiger partial charge in [0.2, 0.25) is 5.91 Å². The lowest BCUT2D eigenvalue weighted by atomic mass is 8.27. The van der Waals surface area contributed by atoms with Crippen molar-refractivity contribution >= 4 is 311 Å². The van der Waals surface area contributed by atoms with Crippen molar-refractivity contribution in [2.75, 3.05) is 41.6 Å². The van der Waals surface area contributed by atoms with Gasteiger partial charge >= 0.3 is 12.7 Å². The molecule has 0 aliphatic heterocycles. The number of hydrogen-bond acceptors (Lipinski definition) is 9. The fourth-order valence-electron chi connectivity index (χ4n) is 24.8. The van der Waals surface area contributed by atoms with E-state index in [1.165, 1.54) is 72.9 Å². The Kier molecular flexibility index (Phi) is 39.5. The number of nitrogens with zero attached hydrogens (tertiary/aromatic N) is 1. The molecule has 8 fully saturated rings. The van der Waals surface area contributed by atoms with Crippen LogP contribution in [0.5, 0.6) is 11.5 Å². The Morgan fingerprint density at radius 3 is 1.07 bits per heavy atom. The van der Waals surface area contributed by atoms with E-state index in [1.807, 2.05) is 21.0 Å². The molecule has 0 aromatic heterocycles. The Morgan fingerprint density at radius 1 is 0.432 bits per heavy atom. The van der Waals surface area contributed by atoms with Crippen molar-refractivity contribution in [1.29, 1.82) is 0 Å². The molecule has 8 aliphatic rings. The number of hydroxylamine groups is 2. The molecule has 2 N–H and O–H groups in total. The van der Waals surface area contributed by atoms with E-state index >= 15 is 0 Å². The van der Waals surface area contributed by atoms with Gasteiger partial charge in [0.1, 0.15) is 11.5 Å². The third-order valence-electron chi connectivity index (χ3n) is 29.7. The number of alkyl halides is 6. The van der Waals surface area contributed by atoms with E-state index in [2.05, 4.69) is 39.3 Å². The highest BCUT2D eigenvalue weighted by Gasteiger charge is 2.66. The number of Topliss-reactive ketones (excluding diaryl/α,β-unsaturated/α-hetero) is 1. The molecule has 8 saturated carbocycles. The average molecular weight is 1610 g/mol. The number of carbonyl (C=O) groups is 2. The van der Waals surface area contributed by atoms with Crippen LogP contribution >= 0.6 is 15.9 Å². The molecule has 118 heavy (non-hydrogen) atoms. The highest BCUT2D eigenvalue weighted by Crippen LogP contribution is 2.70. The third kappa shape index (κ3) is 24.8. The molecule has 57 heteroatoms. The Balaban J connectivity index is 0.000000257. The van der Waals surface area contributed by atoms with Crippen molar-refractivity contribution in [3.8, 4) is 11.5 Å². The Morgan fingerprint density at radius 2 is 0.754 bits per heavy atom. The summed E-state index contributed by atoms with van der Waals surface area (Å²) < 4.78 is 92.4. The van der Waals surface area contributed by atoms with Crippen molar-refractivity contribution in [3.63, 3.8) is 0 Å². The van der Waals surface area contributed by atoms with Crippen molar-refractivity contribution < 1.29 is 69.9 Å². The first-order valence-corrected chi connectivity index (χ1v) is 42.0. The molecular weight excluding hydrogens is 1520 g/mol. The normalized spacial score (nSPS) is 29.4. The zero-order valence-electron chi connectivity index (χ0n) is 69.5. The lowest BCUT2D eigenvalue weighted by molar-refractivity contribution is -0.275. The van der Waals surface area contributed by atoms with Gasteiger partial charge in [-0.25, -0.2) is 5.06 Å². The summed E-state index contributed by atoms with van der Waals surface area (Å²) >= 11 is 3.09. The van der Waals surface area contributed by atoms with Crippen molar-refractivity contribution in [1.82, 2.24) is 5.06 Å². The largest absolute Gasteiger partial charge is 0.573 e. The number of benzene rings is 2. The van der Waals surface area contributed by atoms with Gasteiger partial charge in [-0.05, 0) is 247 Å². The summed E-state index contributed by atoms with van der Waals surface area (Å²) in [5.74, 6) is 4.26. The number of ketones is 1. The summed E-state index contributed by atoms with van der Waals surface area (Å²) in [5, 5.41) is 23.0. The lowest BCUT2D eigenvalue weighted by Gasteiger charge is -2.62. The molecule has 0 spiro atoms. The highest BCUT2D eigenvalue weighted by atomic mass is 79.9. The SMILES string of the molecule is C.COC[C@]12CC[C@@](C)(O)C[C@@H]1CC[C@H]1[C@@H]3CC[C@H](C(=O)N(C)OC)[C@@]3(C)CC[C@@H]12.COC[C@]12CC[C@@](C)(O)C[C@@H]1CC[C@H]1[C@@H]3CC[C@H](C(=O)c4ccc(OC(F)(F)F)cc4)[C@@]3(C)CC[C@@H]12.FC(F)(F)Oc1ccc(Br)cc1.[B]B([B])B([B])B(B([B])[B])B(B(B(B([B])[B])B([B])[B])B(B([B])[B])B([B])[B])B(B(B([B])[B])B([B])[B])B(B([B])[B])B([B])[B]. The number of methoxy groups -OCH3 is 2. The van der Waals surface area contributed by atoms with E-state index in [9.17, 15) is 46.1 Å². The second-order valence-corrected chi connectivity index (χ2v) is 37.7. The molecule has 0 unspecified atom stereocenters. The summed E-state index contributed by atoms with van der Waals surface area (Å²) in [6.07, 6.45) is -12.4. The minimum absolute atomic E-state index is 0. The highest BCUT2D eigenvalue weighted by molar-refractivity contribution is 9.10. The van der Waals surface area contributed by atoms with Crippen LogP contribution in [0.4, 0.5) is 26.3 Å². The van der Waals surface area contributed by atoms with E-state index in [-0.39, 0.29) is 64.1 Å². The van der Waals surface area contributed by atoms with Gasteiger partial charge in [0, 0.05) is 327 Å². The summed E-state index contributed by atoms with van der Waals surface area (Å²) in [5.41, 5.74) is -0.332. The number of amides is 1. The lowest BCUT2D eigenvalue weighted by Crippen LogP contribution is -2.92. The van der Waals surface area contributed by atoms with Crippen LogP contribution in [0.2, 0.25) is 0 Å². The van der Waals surface area contributed by atoms with Crippen LogP contribution in [0.25, 0.3) is 0 Å². The Hall–Kier alpha value is -0.363. The molecule has 10 nitrogen and oxygen atoms in total. The van der Waals surface area contributed by atoms with Crippen LogP contribution in [0.1, 0.15) is 161 Å². The van der Waals surface area contributed by atoms with Crippen molar-refractivity contribution in [2.24, 2.45) is 80.8 Å². The number of aliphatic hydroxyl groups is 2. The van der Waals surface area contributed by atoms with Gasteiger partial charge in [0.25, 0.3) is 0 Å². The second-order valence-electron chi connectivity index (χ2n) is 36.8. The fraction of sp³-hybridized carbons (Fsp3) is 0.770. The van der Waals surface area contributed by atoms with Crippen molar-refractivity contribution in [2.45, 2.75) is 175 Å². The standard InChI is InChI=1S/C29H39F3O4.C24H41NO4.C7H4BrF3O.CH4.B40/c1-26(34)14-15-28(17-35-3)19(16-26)6-9-21-22-10-11-24(27(22,2)13-12-23(21)28)25(33)18-4-7-20(8-5-18)36-29(30,31)32;1-22(27)12-13-24(15-28-4)16(14-22)6-7-17-18-8-9-20(21(26)25(3)29-5)23(18,2)11-10-19(17)24;8-5-1-3-6(4-2-5)12-7(9,10)11;;1-22(2)32(21)37(31(19)20)40(38(33(23(3)4)24(5)6)34(25(7)8)26(9)10)39(35(27(11)12)28(13)14)36(29(15)16)30(17)18/h4-5,7-8,19,21-24,34H,6,9-17H2,1-3H3;16-20,27H,6-15H2,1-5H3;1-4H;1H4;/t19-,21-,22-,23-,24+,26+,27-,28+;16-,17-,18-,19-,20+,22+,23-,24+;;;/m00.../s1.